The predicted octanol–water partition coefficient (Wildman–Crippen LogP) is 1.37. The van der Waals surface area contributed by atoms with E-state index in [4.69, 9.17) is 4.74 Å². The van der Waals surface area contributed by atoms with E-state index >= 15 is 0 Å². The number of nitrogens with zero attached hydrogens (tertiary/aromatic N) is 4. The molecule has 2 aromatic heterocycles. The van der Waals surface area contributed by atoms with Gasteiger partial charge in [0.2, 0.25) is 5.91 Å². The molecule has 2 N–H and O–H groups in total. The van der Waals surface area contributed by atoms with Crippen LogP contribution in [-0.4, -0.2) is 49.0 Å². The molecule has 0 spiro atoms. The lowest BCUT2D eigenvalue weighted by atomic mass is 10.1. The second-order valence-electron chi connectivity index (χ2n) is 6.41. The van der Waals surface area contributed by atoms with Crippen molar-refractivity contribution in [3.05, 3.63) is 47.0 Å². The highest BCUT2D eigenvalue weighted by atomic mass is 16.5. The van der Waals surface area contributed by atoms with Crippen molar-refractivity contribution in [1.29, 1.82) is 0 Å². The Morgan fingerprint density at radius 2 is 2.00 bits per heavy atom. The second kappa shape index (κ2) is 8.05. The van der Waals surface area contributed by atoms with E-state index in [0.717, 1.165) is 0 Å². The Hall–Kier alpha value is -3.82. The van der Waals surface area contributed by atoms with Gasteiger partial charge in [-0.25, -0.2) is 9.50 Å². The second-order valence-corrected chi connectivity index (χ2v) is 6.41. The van der Waals surface area contributed by atoms with E-state index in [1.807, 2.05) is 0 Å². The molecular weight excluding hydrogens is 378 g/mol. The summed E-state index contributed by atoms with van der Waals surface area (Å²) in [6.07, 6.45) is 1.31. The van der Waals surface area contributed by atoms with Crippen LogP contribution >= 0.6 is 0 Å². The number of nitrogens with one attached hydrogen (secondary N) is 1. The fourth-order valence-corrected chi connectivity index (χ4v) is 2.84. The lowest BCUT2D eigenvalue weighted by Crippen LogP contribution is -2.18. The third kappa shape index (κ3) is 4.37. The molecule has 0 aliphatic rings. The van der Waals surface area contributed by atoms with Gasteiger partial charge in [-0.2, -0.15) is 10.1 Å². The van der Waals surface area contributed by atoms with Gasteiger partial charge in [0, 0.05) is 29.4 Å². The van der Waals surface area contributed by atoms with Crippen molar-refractivity contribution in [1.82, 2.24) is 19.6 Å². The van der Waals surface area contributed by atoms with Crippen LogP contribution in [0.1, 0.15) is 34.2 Å². The molecule has 150 valence electrons. The van der Waals surface area contributed by atoms with Crippen LogP contribution in [0.2, 0.25) is 0 Å². The molecule has 0 fully saturated rings. The first kappa shape index (κ1) is 19.9. The number of ether oxygens (including phenoxy) is 1. The zero-order valence-corrected chi connectivity index (χ0v) is 16.1. The number of phenols is 1. The molecule has 3 aromatic rings. The summed E-state index contributed by atoms with van der Waals surface area (Å²) in [6.45, 7) is 4.37. The van der Waals surface area contributed by atoms with Gasteiger partial charge in [0.15, 0.2) is 12.4 Å². The van der Waals surface area contributed by atoms with Gasteiger partial charge >= 0.3 is 5.97 Å². The average molecular weight is 397 g/mol. The Morgan fingerprint density at radius 3 is 2.72 bits per heavy atom. The van der Waals surface area contributed by atoms with Crippen molar-refractivity contribution in [2.45, 2.75) is 27.2 Å². The average Bonchev–Trinajstić information content (AvgIpc) is 3.13. The maximum absolute atomic E-state index is 12.3. The van der Waals surface area contributed by atoms with Crippen LogP contribution in [0.4, 0.5) is 5.69 Å². The number of carbonyl (C=O) groups is 3. The number of benzene rings is 1. The predicted molar refractivity (Wildman–Crippen MR) is 102 cm³/mol. The fourth-order valence-electron chi connectivity index (χ4n) is 2.84. The highest BCUT2D eigenvalue weighted by Gasteiger charge is 2.17. The van der Waals surface area contributed by atoms with Gasteiger partial charge in [0.05, 0.1) is 12.1 Å². The van der Waals surface area contributed by atoms with E-state index in [0.29, 0.717) is 22.7 Å². The first-order valence-corrected chi connectivity index (χ1v) is 8.71. The molecule has 1 amide bonds. The molecule has 0 aliphatic carbocycles. The van der Waals surface area contributed by atoms with E-state index in [1.165, 1.54) is 36.0 Å². The Balaban J connectivity index is 1.67. The Morgan fingerprint density at radius 1 is 1.24 bits per heavy atom. The molecule has 10 heteroatoms. The zero-order valence-electron chi connectivity index (χ0n) is 16.1. The number of amides is 1. The normalized spacial score (nSPS) is 10.7. The number of hydrogen-bond donors (Lipinski definition) is 2. The number of rotatable bonds is 6. The van der Waals surface area contributed by atoms with E-state index in [2.05, 4.69) is 20.4 Å². The summed E-state index contributed by atoms with van der Waals surface area (Å²) in [5.41, 5.74) is 2.29. The highest BCUT2D eigenvalue weighted by Crippen LogP contribution is 2.24. The lowest BCUT2D eigenvalue weighted by molar-refractivity contribution is -0.141. The number of esters is 1. The number of aryl methyl sites for hydroxylation is 2. The summed E-state index contributed by atoms with van der Waals surface area (Å²) >= 11 is 0. The number of hydrogen-bond acceptors (Lipinski definition) is 8. The third-order valence-electron chi connectivity index (χ3n) is 4.30. The van der Waals surface area contributed by atoms with Crippen molar-refractivity contribution in [2.75, 3.05) is 11.9 Å². The van der Waals surface area contributed by atoms with Gasteiger partial charge in [0.1, 0.15) is 12.1 Å². The van der Waals surface area contributed by atoms with Crippen LogP contribution in [0, 0.1) is 13.8 Å². The quantitative estimate of drug-likeness (QED) is 0.362. The van der Waals surface area contributed by atoms with Crippen molar-refractivity contribution in [2.24, 2.45) is 0 Å². The van der Waals surface area contributed by atoms with Crippen LogP contribution in [0.15, 0.2) is 24.5 Å². The molecular formula is C19H19N5O5. The number of anilines is 1. The zero-order chi connectivity index (χ0) is 21.1. The number of fused-ring (bicyclic) bond motifs is 1. The number of aromatic hydroxyl groups is 1. The molecule has 0 unspecified atom stereocenters. The molecule has 0 bridgehead atoms. The SMILES string of the molecule is CC(=O)Nc1cc(C(=O)COC(=O)Cc2c(C)nc3ncnn3c2C)ccc1O. The minimum absolute atomic E-state index is 0.0690. The molecule has 1 aromatic carbocycles. The number of aromatic nitrogens is 4. The van der Waals surface area contributed by atoms with Gasteiger partial charge in [-0.3, -0.25) is 14.4 Å². The summed E-state index contributed by atoms with van der Waals surface area (Å²) in [4.78, 5) is 44.0. The van der Waals surface area contributed by atoms with Gasteiger partial charge < -0.3 is 15.2 Å². The molecule has 0 saturated carbocycles. The standard InChI is InChI=1S/C19H19N5O5/c1-10-14(11(2)24-19(22-10)20-9-21-24)7-18(28)29-8-17(27)13-4-5-16(26)15(6-13)23-12(3)25/h4-6,9,26H,7-8H2,1-3H3,(H,23,25). The van der Waals surface area contributed by atoms with Crippen LogP contribution in [0.3, 0.4) is 0 Å². The van der Waals surface area contributed by atoms with Gasteiger partial charge in [-0.1, -0.05) is 0 Å². The first-order chi connectivity index (χ1) is 13.8. The Labute approximate surface area is 165 Å². The van der Waals surface area contributed by atoms with Crippen LogP contribution in [0.5, 0.6) is 5.75 Å². The summed E-state index contributed by atoms with van der Waals surface area (Å²) in [6, 6.07) is 3.99. The van der Waals surface area contributed by atoms with E-state index < -0.39 is 18.4 Å². The molecule has 2 heterocycles. The number of phenolic OH excluding ortho intramolecular Hbond substituents is 1. The third-order valence-corrected chi connectivity index (χ3v) is 4.30. The summed E-state index contributed by atoms with van der Waals surface area (Å²) in [7, 11) is 0. The highest BCUT2D eigenvalue weighted by molar-refractivity contribution is 6.00. The first-order valence-electron chi connectivity index (χ1n) is 8.71. The van der Waals surface area contributed by atoms with E-state index in [9.17, 15) is 19.5 Å². The molecule has 3 rings (SSSR count). The molecule has 0 atom stereocenters. The Kier molecular flexibility index (Phi) is 5.53. The van der Waals surface area contributed by atoms with E-state index in [1.54, 1.807) is 13.8 Å². The summed E-state index contributed by atoms with van der Waals surface area (Å²) in [5, 5.41) is 16.2. The topological polar surface area (TPSA) is 136 Å². The van der Waals surface area contributed by atoms with Crippen molar-refractivity contribution >= 4 is 29.1 Å². The summed E-state index contributed by atoms with van der Waals surface area (Å²) < 4.78 is 6.63. The minimum Gasteiger partial charge on any atom is -0.506 e. The molecule has 0 aliphatic heterocycles. The molecule has 10 nitrogen and oxygen atoms in total. The Bertz CT molecular complexity index is 1120. The number of ketones is 1. The van der Waals surface area contributed by atoms with Crippen LogP contribution in [0.25, 0.3) is 5.78 Å². The maximum atomic E-state index is 12.3. The minimum atomic E-state index is -0.591. The largest absolute Gasteiger partial charge is 0.506 e. The van der Waals surface area contributed by atoms with Crippen molar-refractivity contribution in [3.63, 3.8) is 0 Å². The number of Topliss-reactive ketones (excluding diaryl/α,β-unsaturated/α-hetero) is 1. The maximum Gasteiger partial charge on any atom is 0.310 e. The molecule has 0 radical (unpaired) electrons. The van der Waals surface area contributed by atoms with E-state index in [-0.39, 0.29) is 29.3 Å². The van der Waals surface area contributed by atoms with Crippen molar-refractivity contribution in [3.8, 4) is 5.75 Å². The van der Waals surface area contributed by atoms with Crippen molar-refractivity contribution < 1.29 is 24.2 Å². The monoisotopic (exact) mass is 397 g/mol. The summed E-state index contributed by atoms with van der Waals surface area (Å²) in [5.74, 6) is -1.18. The molecule has 0 saturated heterocycles. The smallest absolute Gasteiger partial charge is 0.310 e. The molecule has 29 heavy (non-hydrogen) atoms. The lowest BCUT2D eigenvalue weighted by Gasteiger charge is -2.11. The number of carbonyl (C=O) groups excluding carboxylic acids is 3. The van der Waals surface area contributed by atoms with Crippen LogP contribution in [-0.2, 0) is 20.7 Å². The van der Waals surface area contributed by atoms with Gasteiger partial charge in [0.25, 0.3) is 5.78 Å². The van der Waals surface area contributed by atoms with Gasteiger partial charge in [-0.15, -0.1) is 0 Å². The fraction of sp³-hybridized carbons (Fsp3) is 0.263. The van der Waals surface area contributed by atoms with Gasteiger partial charge in [-0.05, 0) is 32.0 Å². The van der Waals surface area contributed by atoms with Crippen LogP contribution < -0.4 is 5.32 Å².